The van der Waals surface area contributed by atoms with E-state index in [1.54, 1.807) is 13.8 Å². The summed E-state index contributed by atoms with van der Waals surface area (Å²) in [5.74, 6) is -0.485. The van der Waals surface area contributed by atoms with E-state index in [1.807, 2.05) is 13.8 Å². The van der Waals surface area contributed by atoms with Gasteiger partial charge in [0.15, 0.2) is 11.9 Å². The molecule has 2 aromatic heterocycles. The molecule has 10 heteroatoms. The molecule has 0 fully saturated rings. The van der Waals surface area contributed by atoms with Crippen LogP contribution in [0.2, 0.25) is 0 Å². The highest BCUT2D eigenvalue weighted by Gasteiger charge is 2.21. The fourth-order valence-corrected chi connectivity index (χ4v) is 4.94. The molecule has 0 aliphatic rings. The first-order valence-corrected chi connectivity index (χ1v) is 11.2. The maximum absolute atomic E-state index is 12.5. The van der Waals surface area contributed by atoms with E-state index in [4.69, 9.17) is 4.74 Å². The average molecular weight is 436 g/mol. The molecule has 0 bridgehead atoms. The van der Waals surface area contributed by atoms with Gasteiger partial charge in [-0.25, -0.2) is 22.9 Å². The second-order valence-corrected chi connectivity index (χ2v) is 9.46. The molecule has 29 heavy (non-hydrogen) atoms. The number of nitrogens with zero attached hydrogens (tertiary/aromatic N) is 1. The zero-order chi connectivity index (χ0) is 21.3. The largest absolute Gasteiger partial charge is 0.451 e. The normalized spacial score (nSPS) is 12.8. The van der Waals surface area contributed by atoms with Crippen molar-refractivity contribution in [3.05, 3.63) is 56.4 Å². The SMILES string of the molecule is CCNS(=O)(=O)c1cccc(C(=O)O[C@H](C)c2nc3sc(C)c(C)c3c(=O)[nH]2)c1. The number of rotatable bonds is 6. The summed E-state index contributed by atoms with van der Waals surface area (Å²) < 4.78 is 32.0. The number of benzene rings is 1. The highest BCUT2D eigenvalue weighted by atomic mass is 32.2. The zero-order valence-electron chi connectivity index (χ0n) is 16.4. The molecule has 1 atom stereocenters. The first-order chi connectivity index (χ1) is 13.6. The molecule has 0 spiro atoms. The van der Waals surface area contributed by atoms with Gasteiger partial charge in [0.05, 0.1) is 15.8 Å². The predicted octanol–water partition coefficient (Wildman–Crippen LogP) is 2.82. The third kappa shape index (κ3) is 4.24. The van der Waals surface area contributed by atoms with Gasteiger partial charge in [0.25, 0.3) is 5.56 Å². The molecular weight excluding hydrogens is 414 g/mol. The lowest BCUT2D eigenvalue weighted by atomic mass is 10.2. The molecule has 3 rings (SSSR count). The van der Waals surface area contributed by atoms with Gasteiger partial charge in [-0.15, -0.1) is 11.3 Å². The number of carbonyl (C=O) groups is 1. The second-order valence-electron chi connectivity index (χ2n) is 6.49. The molecule has 3 aromatic rings. The maximum Gasteiger partial charge on any atom is 0.338 e. The molecule has 0 aliphatic carbocycles. The first-order valence-electron chi connectivity index (χ1n) is 8.94. The van der Waals surface area contributed by atoms with Crippen LogP contribution in [0.3, 0.4) is 0 Å². The Labute approximate surface area is 172 Å². The second kappa shape index (κ2) is 8.05. The van der Waals surface area contributed by atoms with E-state index >= 15 is 0 Å². The van der Waals surface area contributed by atoms with Crippen LogP contribution in [0.5, 0.6) is 0 Å². The number of sulfonamides is 1. The summed E-state index contributed by atoms with van der Waals surface area (Å²) in [5.41, 5.74) is 0.684. The van der Waals surface area contributed by atoms with Crippen LogP contribution in [0.1, 0.15) is 46.6 Å². The van der Waals surface area contributed by atoms with Gasteiger partial charge in [0.1, 0.15) is 4.83 Å². The summed E-state index contributed by atoms with van der Waals surface area (Å²) in [4.78, 5) is 33.6. The van der Waals surface area contributed by atoms with Crippen molar-refractivity contribution in [1.29, 1.82) is 0 Å². The van der Waals surface area contributed by atoms with E-state index < -0.39 is 22.1 Å². The first kappa shape index (κ1) is 21.2. The smallest absolute Gasteiger partial charge is 0.338 e. The molecule has 1 aromatic carbocycles. The van der Waals surface area contributed by atoms with Gasteiger partial charge in [-0.1, -0.05) is 13.0 Å². The average Bonchev–Trinajstić information content (AvgIpc) is 2.96. The molecule has 0 saturated heterocycles. The Morgan fingerprint density at radius 1 is 1.34 bits per heavy atom. The number of aryl methyl sites for hydroxylation is 2. The van der Waals surface area contributed by atoms with Crippen LogP contribution in [0.25, 0.3) is 10.2 Å². The number of esters is 1. The fourth-order valence-electron chi connectivity index (χ4n) is 2.81. The van der Waals surface area contributed by atoms with Gasteiger partial charge >= 0.3 is 5.97 Å². The maximum atomic E-state index is 12.5. The molecule has 0 radical (unpaired) electrons. The van der Waals surface area contributed by atoms with Gasteiger partial charge in [-0.3, -0.25) is 4.79 Å². The molecule has 154 valence electrons. The molecule has 0 unspecified atom stereocenters. The number of nitrogens with one attached hydrogen (secondary N) is 2. The number of hydrogen-bond donors (Lipinski definition) is 2. The van der Waals surface area contributed by atoms with Crippen LogP contribution in [0.15, 0.2) is 34.0 Å². The van der Waals surface area contributed by atoms with Crippen LogP contribution in [0.4, 0.5) is 0 Å². The van der Waals surface area contributed by atoms with E-state index in [2.05, 4.69) is 14.7 Å². The minimum Gasteiger partial charge on any atom is -0.451 e. The predicted molar refractivity (Wildman–Crippen MR) is 111 cm³/mol. The Bertz CT molecular complexity index is 1240. The quantitative estimate of drug-likeness (QED) is 0.575. The van der Waals surface area contributed by atoms with Crippen LogP contribution in [-0.4, -0.2) is 30.9 Å². The summed E-state index contributed by atoms with van der Waals surface area (Å²) >= 11 is 1.40. The Hall–Kier alpha value is -2.56. The molecule has 0 saturated carbocycles. The van der Waals surface area contributed by atoms with E-state index in [0.29, 0.717) is 10.2 Å². The van der Waals surface area contributed by atoms with Crippen molar-refractivity contribution in [3.63, 3.8) is 0 Å². The van der Waals surface area contributed by atoms with Crippen LogP contribution in [-0.2, 0) is 14.8 Å². The molecule has 2 N–H and O–H groups in total. The monoisotopic (exact) mass is 435 g/mol. The summed E-state index contributed by atoms with van der Waals surface area (Å²) in [6, 6.07) is 5.57. The third-order valence-electron chi connectivity index (χ3n) is 4.44. The van der Waals surface area contributed by atoms with E-state index in [9.17, 15) is 18.0 Å². The Balaban J connectivity index is 1.86. The van der Waals surface area contributed by atoms with Gasteiger partial charge in [-0.2, -0.15) is 0 Å². The number of fused-ring (bicyclic) bond motifs is 1. The topological polar surface area (TPSA) is 118 Å². The number of hydrogen-bond acceptors (Lipinski definition) is 7. The minimum atomic E-state index is -3.69. The van der Waals surface area contributed by atoms with Crippen LogP contribution < -0.4 is 10.3 Å². The van der Waals surface area contributed by atoms with Crippen molar-refractivity contribution < 1.29 is 17.9 Å². The van der Waals surface area contributed by atoms with Gasteiger partial charge in [0.2, 0.25) is 10.0 Å². The number of thiophene rings is 1. The Morgan fingerprint density at radius 2 is 2.07 bits per heavy atom. The van der Waals surface area contributed by atoms with Gasteiger partial charge in [-0.05, 0) is 44.5 Å². The summed E-state index contributed by atoms with van der Waals surface area (Å²) in [6.45, 7) is 7.27. The molecule has 0 amide bonds. The van der Waals surface area contributed by atoms with E-state index in [1.165, 1.54) is 35.6 Å². The number of H-pyrrole nitrogens is 1. The lowest BCUT2D eigenvalue weighted by molar-refractivity contribution is 0.0320. The fraction of sp³-hybridized carbons (Fsp3) is 0.316. The standard InChI is InChI=1S/C19H21N3O5S2/c1-5-20-29(25,26)14-8-6-7-13(9-14)19(24)27-11(3)16-21-17(23)15-10(2)12(4)28-18(15)22-16/h6-9,11,20H,5H2,1-4H3,(H,21,22,23)/t11-/m1/s1. The lowest BCUT2D eigenvalue weighted by Gasteiger charge is -2.13. The Kier molecular flexibility index (Phi) is 5.87. The highest BCUT2D eigenvalue weighted by molar-refractivity contribution is 7.89. The third-order valence-corrected chi connectivity index (χ3v) is 7.09. The Morgan fingerprint density at radius 3 is 2.76 bits per heavy atom. The van der Waals surface area contributed by atoms with Gasteiger partial charge < -0.3 is 9.72 Å². The van der Waals surface area contributed by atoms with E-state index in [0.717, 1.165) is 10.4 Å². The number of ether oxygens (including phenoxy) is 1. The molecule has 8 nitrogen and oxygen atoms in total. The lowest BCUT2D eigenvalue weighted by Crippen LogP contribution is -2.23. The highest BCUT2D eigenvalue weighted by Crippen LogP contribution is 2.27. The van der Waals surface area contributed by atoms with Crippen molar-refractivity contribution in [2.24, 2.45) is 0 Å². The van der Waals surface area contributed by atoms with Crippen LogP contribution >= 0.6 is 11.3 Å². The van der Waals surface area contributed by atoms with Crippen molar-refractivity contribution in [2.45, 2.75) is 38.7 Å². The van der Waals surface area contributed by atoms with Crippen LogP contribution in [0, 0.1) is 13.8 Å². The molecule has 2 heterocycles. The summed E-state index contributed by atoms with van der Waals surface area (Å²) in [6.07, 6.45) is -0.823. The summed E-state index contributed by atoms with van der Waals surface area (Å²) in [7, 11) is -3.69. The summed E-state index contributed by atoms with van der Waals surface area (Å²) in [5, 5.41) is 0.538. The minimum absolute atomic E-state index is 0.0288. The number of aromatic amines is 1. The number of aromatic nitrogens is 2. The van der Waals surface area contributed by atoms with Crippen molar-refractivity contribution in [3.8, 4) is 0 Å². The van der Waals surface area contributed by atoms with Gasteiger partial charge in [0, 0.05) is 11.4 Å². The van der Waals surface area contributed by atoms with Crippen molar-refractivity contribution in [1.82, 2.24) is 14.7 Å². The van der Waals surface area contributed by atoms with Crippen molar-refractivity contribution >= 4 is 37.5 Å². The molecular formula is C19H21N3O5S2. The van der Waals surface area contributed by atoms with Crippen molar-refractivity contribution in [2.75, 3.05) is 6.54 Å². The zero-order valence-corrected chi connectivity index (χ0v) is 18.0. The number of carbonyl (C=O) groups excluding carboxylic acids is 1. The van der Waals surface area contributed by atoms with E-state index in [-0.39, 0.29) is 28.4 Å². The molecule has 0 aliphatic heterocycles.